The maximum Gasteiger partial charge on any atom is 0.331 e. The van der Waals surface area contributed by atoms with E-state index in [9.17, 15) is 9.59 Å². The Hall–Kier alpha value is -1.70. The number of ether oxygens (including phenoxy) is 2. The van der Waals surface area contributed by atoms with Crippen molar-refractivity contribution < 1.29 is 19.1 Å². The van der Waals surface area contributed by atoms with Crippen LogP contribution in [0.25, 0.3) is 0 Å². The highest BCUT2D eigenvalue weighted by Crippen LogP contribution is 2.37. The molecule has 1 radical (unpaired) electrons. The third-order valence-corrected chi connectivity index (χ3v) is 5.38. The predicted octanol–water partition coefficient (Wildman–Crippen LogP) is 0.755. The number of thiophene rings is 1. The fourth-order valence-corrected chi connectivity index (χ4v) is 3.80. The predicted molar refractivity (Wildman–Crippen MR) is 85.6 cm³/mol. The molecule has 22 heavy (non-hydrogen) atoms. The van der Waals surface area contributed by atoms with Gasteiger partial charge in [0.1, 0.15) is 28.5 Å². The number of carbonyl (C=O) groups is 2. The quantitative estimate of drug-likeness (QED) is 0.632. The van der Waals surface area contributed by atoms with E-state index < -0.39 is 5.54 Å². The van der Waals surface area contributed by atoms with Crippen molar-refractivity contribution >= 4 is 41.0 Å². The lowest BCUT2D eigenvalue weighted by molar-refractivity contribution is -0.152. The van der Waals surface area contributed by atoms with E-state index in [-0.39, 0.29) is 11.9 Å². The van der Waals surface area contributed by atoms with Crippen molar-refractivity contribution in [2.75, 3.05) is 25.6 Å². The summed E-state index contributed by atoms with van der Waals surface area (Å²) in [5.74, 6) is 0.103. The zero-order chi connectivity index (χ0) is 15.7. The minimum atomic E-state index is -0.867. The normalized spacial score (nSPS) is 18.1. The van der Waals surface area contributed by atoms with Crippen LogP contribution in [-0.4, -0.2) is 45.0 Å². The van der Waals surface area contributed by atoms with Gasteiger partial charge in [-0.2, -0.15) is 0 Å². The van der Waals surface area contributed by atoms with Gasteiger partial charge in [-0.3, -0.25) is 4.79 Å². The van der Waals surface area contributed by atoms with Crippen LogP contribution >= 0.6 is 11.3 Å². The summed E-state index contributed by atoms with van der Waals surface area (Å²) >= 11 is 1.37. The SMILES string of the molecule is C[B]c1sc(C(=O)NC2(C(=O)OC)CCC2)c2c1OCCN2. The van der Waals surface area contributed by atoms with Gasteiger partial charge in [-0.05, 0) is 19.3 Å². The topological polar surface area (TPSA) is 76.7 Å². The monoisotopic (exact) mass is 321 g/mol. The smallest absolute Gasteiger partial charge is 0.331 e. The Morgan fingerprint density at radius 2 is 2.23 bits per heavy atom. The van der Waals surface area contributed by atoms with Crippen molar-refractivity contribution in [3.63, 3.8) is 0 Å². The molecule has 1 aliphatic heterocycles. The highest BCUT2D eigenvalue weighted by Gasteiger charge is 2.47. The Labute approximate surface area is 133 Å². The number of nitrogens with one attached hydrogen (secondary N) is 2. The van der Waals surface area contributed by atoms with E-state index in [4.69, 9.17) is 9.47 Å². The first-order valence-electron chi connectivity index (χ1n) is 7.35. The molecule has 3 rings (SSSR count). The molecule has 6 nitrogen and oxygen atoms in total. The first-order chi connectivity index (χ1) is 10.6. The Morgan fingerprint density at radius 1 is 1.45 bits per heavy atom. The number of hydrogen-bond donors (Lipinski definition) is 2. The largest absolute Gasteiger partial charge is 0.489 e. The molecular weight excluding hydrogens is 303 g/mol. The number of fused-ring (bicyclic) bond motifs is 1. The molecule has 2 aliphatic rings. The highest BCUT2D eigenvalue weighted by atomic mass is 32.1. The molecule has 117 valence electrons. The van der Waals surface area contributed by atoms with Gasteiger partial charge in [0.2, 0.25) is 0 Å². The molecule has 2 N–H and O–H groups in total. The Balaban J connectivity index is 1.86. The molecule has 1 amide bonds. The molecule has 0 aromatic carbocycles. The van der Waals surface area contributed by atoms with E-state index in [0.29, 0.717) is 30.9 Å². The van der Waals surface area contributed by atoms with Crippen LogP contribution in [0.3, 0.4) is 0 Å². The van der Waals surface area contributed by atoms with Gasteiger partial charge >= 0.3 is 5.97 Å². The fraction of sp³-hybridized carbons (Fsp3) is 0.571. The number of methoxy groups -OCH3 is 1. The number of hydrogen-bond acceptors (Lipinski definition) is 6. The maximum absolute atomic E-state index is 12.7. The van der Waals surface area contributed by atoms with Crippen LogP contribution in [0.1, 0.15) is 28.9 Å². The van der Waals surface area contributed by atoms with Crippen LogP contribution in [0.4, 0.5) is 5.69 Å². The van der Waals surface area contributed by atoms with Crippen LogP contribution in [-0.2, 0) is 9.53 Å². The van der Waals surface area contributed by atoms with E-state index in [2.05, 4.69) is 10.6 Å². The molecule has 0 atom stereocenters. The minimum Gasteiger partial charge on any atom is -0.489 e. The number of carbonyl (C=O) groups excluding carboxylic acids is 2. The van der Waals surface area contributed by atoms with Crippen molar-refractivity contribution in [3.8, 4) is 5.75 Å². The summed E-state index contributed by atoms with van der Waals surface area (Å²) in [4.78, 5) is 25.2. The third kappa shape index (κ3) is 2.35. The highest BCUT2D eigenvalue weighted by molar-refractivity contribution is 7.24. The third-order valence-electron chi connectivity index (χ3n) is 4.14. The van der Waals surface area contributed by atoms with Crippen LogP contribution in [0.5, 0.6) is 5.75 Å². The van der Waals surface area contributed by atoms with Crippen LogP contribution in [0.2, 0.25) is 6.82 Å². The molecule has 2 heterocycles. The van der Waals surface area contributed by atoms with Crippen molar-refractivity contribution in [3.05, 3.63) is 4.88 Å². The van der Waals surface area contributed by atoms with Gasteiger partial charge in [0, 0.05) is 11.3 Å². The zero-order valence-electron chi connectivity index (χ0n) is 12.7. The van der Waals surface area contributed by atoms with Crippen LogP contribution in [0.15, 0.2) is 0 Å². The van der Waals surface area contributed by atoms with Crippen molar-refractivity contribution in [1.29, 1.82) is 0 Å². The first-order valence-corrected chi connectivity index (χ1v) is 8.16. The molecule has 1 fully saturated rings. The van der Waals surface area contributed by atoms with E-state index in [1.54, 1.807) is 0 Å². The van der Waals surface area contributed by atoms with Crippen molar-refractivity contribution in [2.45, 2.75) is 31.6 Å². The van der Waals surface area contributed by atoms with E-state index in [0.717, 1.165) is 22.6 Å². The van der Waals surface area contributed by atoms with Crippen LogP contribution < -0.4 is 20.1 Å². The number of rotatable bonds is 4. The lowest BCUT2D eigenvalue weighted by Gasteiger charge is -2.39. The molecule has 0 bridgehead atoms. The Kier molecular flexibility index (Phi) is 4.03. The summed E-state index contributed by atoms with van der Waals surface area (Å²) in [6.07, 6.45) is 2.15. The molecule has 0 unspecified atom stereocenters. The lowest BCUT2D eigenvalue weighted by Crippen LogP contribution is -2.59. The lowest BCUT2D eigenvalue weighted by atomic mass is 9.76. The number of amides is 1. The second-order valence-corrected chi connectivity index (χ2v) is 6.50. The molecular formula is C14H18BN2O4S. The number of esters is 1. The molecule has 0 saturated heterocycles. The molecule has 1 aromatic heterocycles. The van der Waals surface area contributed by atoms with Gasteiger partial charge in [0.05, 0.1) is 7.11 Å². The summed E-state index contributed by atoms with van der Waals surface area (Å²) < 4.78 is 11.4. The van der Waals surface area contributed by atoms with Crippen molar-refractivity contribution in [2.24, 2.45) is 0 Å². The molecule has 1 aliphatic carbocycles. The Morgan fingerprint density at radius 3 is 2.82 bits per heavy atom. The van der Waals surface area contributed by atoms with Gasteiger partial charge in [0.25, 0.3) is 5.91 Å². The van der Waals surface area contributed by atoms with Gasteiger partial charge in [0.15, 0.2) is 7.28 Å². The Bertz CT molecular complexity index is 612. The standard InChI is InChI=1S/C14H18BN2O4S/c1-15-11-9-8(16-6-7-21-9)10(22-11)12(18)17-14(4-3-5-14)13(19)20-2/h16H,3-7H2,1-2H3,(H,17,18). The fourth-order valence-electron chi connectivity index (χ4n) is 2.80. The van der Waals surface area contributed by atoms with Crippen molar-refractivity contribution in [1.82, 2.24) is 5.32 Å². The summed E-state index contributed by atoms with van der Waals surface area (Å²) in [5, 5.41) is 6.09. The minimum absolute atomic E-state index is 0.252. The molecule has 1 aromatic rings. The average Bonchev–Trinajstić information content (AvgIpc) is 2.89. The molecule has 8 heteroatoms. The molecule has 0 spiro atoms. The zero-order valence-corrected chi connectivity index (χ0v) is 13.5. The van der Waals surface area contributed by atoms with Gasteiger partial charge in [-0.15, -0.1) is 11.3 Å². The van der Waals surface area contributed by atoms with E-state index >= 15 is 0 Å². The summed E-state index contributed by atoms with van der Waals surface area (Å²) in [6, 6.07) is 0. The summed E-state index contributed by atoms with van der Waals surface area (Å²) in [5.41, 5.74) is -0.143. The second kappa shape index (κ2) is 5.83. The second-order valence-electron chi connectivity index (χ2n) is 5.44. The maximum atomic E-state index is 12.7. The van der Waals surface area contributed by atoms with Gasteiger partial charge < -0.3 is 20.1 Å². The summed E-state index contributed by atoms with van der Waals surface area (Å²) in [6.45, 7) is 3.15. The van der Waals surface area contributed by atoms with Crippen LogP contribution in [0, 0.1) is 0 Å². The van der Waals surface area contributed by atoms with E-state index in [1.807, 2.05) is 14.1 Å². The van der Waals surface area contributed by atoms with Gasteiger partial charge in [-0.25, -0.2) is 4.79 Å². The van der Waals surface area contributed by atoms with Gasteiger partial charge in [-0.1, -0.05) is 6.82 Å². The molecule has 1 saturated carbocycles. The summed E-state index contributed by atoms with van der Waals surface area (Å²) in [7, 11) is 3.27. The average molecular weight is 321 g/mol. The number of anilines is 1. The first kappa shape index (κ1) is 15.2. The van der Waals surface area contributed by atoms with E-state index in [1.165, 1.54) is 18.4 Å².